The van der Waals surface area contributed by atoms with Gasteiger partial charge in [-0.3, -0.25) is 9.59 Å². The third kappa shape index (κ3) is 4.51. The lowest BCUT2D eigenvalue weighted by Gasteiger charge is -2.30. The van der Waals surface area contributed by atoms with Crippen LogP contribution in [0.5, 0.6) is 11.5 Å². The Morgan fingerprint density at radius 1 is 1.00 bits per heavy atom. The number of likely N-dealkylation sites (tertiary alicyclic amines) is 1. The lowest BCUT2D eigenvalue weighted by Crippen LogP contribution is -2.41. The third-order valence-corrected chi connectivity index (χ3v) is 7.25. The minimum atomic E-state index is -0.119. The van der Waals surface area contributed by atoms with Crippen molar-refractivity contribution in [3.8, 4) is 11.5 Å². The Hall–Kier alpha value is -3.23. The maximum Gasteiger partial charge on any atom is 0.263 e. The van der Waals surface area contributed by atoms with Gasteiger partial charge in [0.2, 0.25) is 5.91 Å². The van der Waals surface area contributed by atoms with Crippen LogP contribution in [0.15, 0.2) is 66.0 Å². The van der Waals surface area contributed by atoms with E-state index in [2.05, 4.69) is 10.3 Å². The molecule has 4 aromatic rings. The summed E-state index contributed by atoms with van der Waals surface area (Å²) in [5, 5.41) is 5.46. The molecule has 2 aromatic carbocycles. The van der Waals surface area contributed by atoms with Crippen LogP contribution in [0.1, 0.15) is 22.5 Å². The summed E-state index contributed by atoms with van der Waals surface area (Å²) in [6, 6.07) is 19.0. The van der Waals surface area contributed by atoms with E-state index in [1.165, 1.54) is 22.7 Å². The zero-order valence-corrected chi connectivity index (χ0v) is 18.8. The van der Waals surface area contributed by atoms with E-state index in [0.29, 0.717) is 31.1 Å². The first-order valence-corrected chi connectivity index (χ1v) is 12.1. The Morgan fingerprint density at radius 3 is 2.56 bits per heavy atom. The summed E-state index contributed by atoms with van der Waals surface area (Å²) < 4.78 is 6.84. The largest absolute Gasteiger partial charge is 0.457 e. The van der Waals surface area contributed by atoms with Crippen molar-refractivity contribution in [3.05, 3.63) is 70.9 Å². The summed E-state index contributed by atoms with van der Waals surface area (Å²) in [7, 11) is 0. The third-order valence-electron chi connectivity index (χ3n) is 5.45. The van der Waals surface area contributed by atoms with Crippen LogP contribution in [0.3, 0.4) is 0 Å². The van der Waals surface area contributed by atoms with E-state index in [1.54, 1.807) is 0 Å². The molecular formula is C24H21N3O3S2. The molecule has 0 bridgehead atoms. The minimum Gasteiger partial charge on any atom is -0.457 e. The zero-order valence-electron chi connectivity index (χ0n) is 17.2. The Kier molecular flexibility index (Phi) is 5.87. The van der Waals surface area contributed by atoms with Gasteiger partial charge < -0.3 is 15.0 Å². The normalized spacial score (nSPS) is 14.4. The number of anilines is 1. The van der Waals surface area contributed by atoms with Crippen LogP contribution in [0.2, 0.25) is 0 Å². The van der Waals surface area contributed by atoms with Gasteiger partial charge in [0.25, 0.3) is 5.91 Å². The average Bonchev–Trinajstić information content (AvgIpc) is 3.49. The molecule has 32 heavy (non-hydrogen) atoms. The maximum atomic E-state index is 12.8. The fourth-order valence-electron chi connectivity index (χ4n) is 3.75. The van der Waals surface area contributed by atoms with Crippen molar-refractivity contribution in [2.75, 3.05) is 18.4 Å². The molecule has 0 saturated carbocycles. The molecule has 2 amide bonds. The molecule has 3 heterocycles. The zero-order chi connectivity index (χ0) is 21.9. The molecule has 0 aliphatic carbocycles. The van der Waals surface area contributed by atoms with Crippen LogP contribution in [0, 0.1) is 5.92 Å². The molecule has 1 saturated heterocycles. The number of carbonyl (C=O) groups excluding carboxylic acids is 2. The Morgan fingerprint density at radius 2 is 1.81 bits per heavy atom. The van der Waals surface area contributed by atoms with Crippen molar-refractivity contribution >= 4 is 49.8 Å². The van der Waals surface area contributed by atoms with Gasteiger partial charge in [-0.1, -0.05) is 35.6 Å². The number of thiazole rings is 1. The highest BCUT2D eigenvalue weighted by Crippen LogP contribution is 2.32. The first-order valence-electron chi connectivity index (χ1n) is 10.4. The van der Waals surface area contributed by atoms with E-state index in [0.717, 1.165) is 26.6 Å². The molecule has 0 unspecified atom stereocenters. The molecule has 5 rings (SSSR count). The SMILES string of the molecule is O=C(Nc1nc2ccc(Oc3ccccc3)cc2s1)C1CCN(C(=O)c2cccs2)CC1. The highest BCUT2D eigenvalue weighted by Gasteiger charge is 2.28. The van der Waals surface area contributed by atoms with Crippen LogP contribution < -0.4 is 10.1 Å². The van der Waals surface area contributed by atoms with Crippen molar-refractivity contribution < 1.29 is 14.3 Å². The highest BCUT2D eigenvalue weighted by molar-refractivity contribution is 7.22. The number of hydrogen-bond acceptors (Lipinski definition) is 6. The summed E-state index contributed by atoms with van der Waals surface area (Å²) in [6.45, 7) is 1.18. The lowest BCUT2D eigenvalue weighted by atomic mass is 9.96. The summed E-state index contributed by atoms with van der Waals surface area (Å²) in [5.41, 5.74) is 0.821. The number of hydrogen-bond donors (Lipinski definition) is 1. The first-order chi connectivity index (χ1) is 15.7. The van der Waals surface area contributed by atoms with Gasteiger partial charge in [-0.25, -0.2) is 4.98 Å². The molecule has 1 fully saturated rings. The molecule has 0 spiro atoms. The van der Waals surface area contributed by atoms with E-state index in [9.17, 15) is 9.59 Å². The molecule has 2 aromatic heterocycles. The van der Waals surface area contributed by atoms with Gasteiger partial charge in [0.15, 0.2) is 5.13 Å². The van der Waals surface area contributed by atoms with Gasteiger partial charge in [-0.2, -0.15) is 0 Å². The second-order valence-electron chi connectivity index (χ2n) is 7.60. The number of fused-ring (bicyclic) bond motifs is 1. The van der Waals surface area contributed by atoms with E-state index in [1.807, 2.05) is 70.9 Å². The monoisotopic (exact) mass is 463 g/mol. The second kappa shape index (κ2) is 9.10. The van der Waals surface area contributed by atoms with E-state index in [-0.39, 0.29) is 17.7 Å². The summed E-state index contributed by atoms with van der Waals surface area (Å²) in [6.07, 6.45) is 1.31. The van der Waals surface area contributed by atoms with Gasteiger partial charge in [-0.05, 0) is 48.6 Å². The van der Waals surface area contributed by atoms with Crippen LogP contribution in [0.4, 0.5) is 5.13 Å². The number of ether oxygens (including phenoxy) is 1. The van der Waals surface area contributed by atoms with Crippen molar-refractivity contribution in [2.24, 2.45) is 5.92 Å². The number of carbonyl (C=O) groups is 2. The van der Waals surface area contributed by atoms with Crippen molar-refractivity contribution in [3.63, 3.8) is 0 Å². The molecule has 1 N–H and O–H groups in total. The number of nitrogens with one attached hydrogen (secondary N) is 1. The smallest absolute Gasteiger partial charge is 0.263 e. The fourth-order valence-corrected chi connectivity index (χ4v) is 5.34. The molecule has 1 aliphatic rings. The van der Waals surface area contributed by atoms with E-state index < -0.39 is 0 Å². The number of piperidine rings is 1. The number of rotatable bonds is 5. The van der Waals surface area contributed by atoms with Crippen molar-refractivity contribution in [1.82, 2.24) is 9.88 Å². The molecule has 0 radical (unpaired) electrons. The molecule has 0 atom stereocenters. The van der Waals surface area contributed by atoms with E-state index in [4.69, 9.17) is 4.74 Å². The quantitative estimate of drug-likeness (QED) is 0.416. The van der Waals surface area contributed by atoms with Crippen LogP contribution in [0.25, 0.3) is 10.2 Å². The lowest BCUT2D eigenvalue weighted by molar-refractivity contribution is -0.121. The predicted octanol–water partition coefficient (Wildman–Crippen LogP) is 5.64. The molecule has 162 valence electrons. The Labute approximate surface area is 193 Å². The summed E-state index contributed by atoms with van der Waals surface area (Å²) in [4.78, 5) is 32.4. The number of aromatic nitrogens is 1. The number of thiophene rings is 1. The predicted molar refractivity (Wildman–Crippen MR) is 128 cm³/mol. The van der Waals surface area contributed by atoms with Gasteiger partial charge in [0, 0.05) is 25.1 Å². The summed E-state index contributed by atoms with van der Waals surface area (Å²) >= 11 is 2.88. The van der Waals surface area contributed by atoms with Crippen molar-refractivity contribution in [1.29, 1.82) is 0 Å². The number of benzene rings is 2. The topological polar surface area (TPSA) is 71.5 Å². The fraction of sp³-hybridized carbons (Fsp3) is 0.208. The van der Waals surface area contributed by atoms with Gasteiger partial charge >= 0.3 is 0 Å². The van der Waals surface area contributed by atoms with Crippen LogP contribution in [-0.2, 0) is 4.79 Å². The number of nitrogens with zero attached hydrogens (tertiary/aromatic N) is 2. The Bertz CT molecular complexity index is 1230. The maximum absolute atomic E-state index is 12.8. The number of para-hydroxylation sites is 1. The second-order valence-corrected chi connectivity index (χ2v) is 9.58. The number of amides is 2. The van der Waals surface area contributed by atoms with Gasteiger partial charge in [0.05, 0.1) is 15.1 Å². The standard InChI is InChI=1S/C24H21N3O3S2/c28-22(16-10-12-27(13-11-16)23(29)20-7-4-14-31-20)26-24-25-19-9-8-18(15-21(19)32-24)30-17-5-2-1-3-6-17/h1-9,14-16H,10-13H2,(H,25,26,28). The van der Waals surface area contributed by atoms with Gasteiger partial charge in [0.1, 0.15) is 11.5 Å². The summed E-state index contributed by atoms with van der Waals surface area (Å²) in [5.74, 6) is 1.40. The van der Waals surface area contributed by atoms with Crippen LogP contribution in [-0.4, -0.2) is 34.8 Å². The Balaban J connectivity index is 1.20. The molecule has 8 heteroatoms. The molecule has 1 aliphatic heterocycles. The van der Waals surface area contributed by atoms with Gasteiger partial charge in [-0.15, -0.1) is 11.3 Å². The molecular weight excluding hydrogens is 442 g/mol. The van der Waals surface area contributed by atoms with Crippen LogP contribution >= 0.6 is 22.7 Å². The first kappa shape index (κ1) is 20.7. The highest BCUT2D eigenvalue weighted by atomic mass is 32.1. The minimum absolute atomic E-state index is 0.0342. The molecule has 6 nitrogen and oxygen atoms in total. The van der Waals surface area contributed by atoms with Crippen molar-refractivity contribution in [2.45, 2.75) is 12.8 Å². The van der Waals surface area contributed by atoms with E-state index >= 15 is 0 Å². The average molecular weight is 464 g/mol.